The third-order valence-corrected chi connectivity index (χ3v) is 3.19. The van der Waals surface area contributed by atoms with Crippen molar-refractivity contribution in [1.82, 2.24) is 5.32 Å². The molecule has 1 heterocycles. The molecule has 1 atom stereocenters. The molecule has 0 bridgehead atoms. The number of hydrogen-bond donors (Lipinski definition) is 1. The molecular formula is C15H14F3NO2. The van der Waals surface area contributed by atoms with Crippen LogP contribution in [0.25, 0.3) is 0 Å². The lowest BCUT2D eigenvalue weighted by atomic mass is 10.1. The largest absolute Gasteiger partial charge is 0.469 e. The fourth-order valence-electron chi connectivity index (χ4n) is 1.94. The van der Waals surface area contributed by atoms with Crippen molar-refractivity contribution < 1.29 is 22.4 Å². The molecule has 0 spiro atoms. The SMILES string of the molecule is Cc1occc1C(=O)NC(C)c1ccc(C(F)(F)F)cc1. The molecule has 1 unspecified atom stereocenters. The van der Waals surface area contributed by atoms with Crippen LogP contribution >= 0.6 is 0 Å². The van der Waals surface area contributed by atoms with Crippen LogP contribution in [0.5, 0.6) is 0 Å². The number of hydrogen-bond acceptors (Lipinski definition) is 2. The van der Waals surface area contributed by atoms with Crippen LogP contribution in [-0.4, -0.2) is 5.91 Å². The number of carbonyl (C=O) groups excluding carboxylic acids is 1. The van der Waals surface area contributed by atoms with Gasteiger partial charge in [-0.05, 0) is 37.6 Å². The molecule has 1 aromatic heterocycles. The van der Waals surface area contributed by atoms with E-state index in [9.17, 15) is 18.0 Å². The number of furan rings is 1. The number of rotatable bonds is 3. The summed E-state index contributed by atoms with van der Waals surface area (Å²) in [7, 11) is 0. The lowest BCUT2D eigenvalue weighted by Gasteiger charge is -2.15. The van der Waals surface area contributed by atoms with E-state index in [2.05, 4.69) is 5.32 Å². The number of carbonyl (C=O) groups is 1. The normalized spacial score (nSPS) is 13.0. The number of nitrogens with one attached hydrogen (secondary N) is 1. The topological polar surface area (TPSA) is 42.2 Å². The van der Waals surface area contributed by atoms with Crippen molar-refractivity contribution in [2.75, 3.05) is 0 Å². The Morgan fingerprint density at radius 1 is 1.19 bits per heavy atom. The third kappa shape index (κ3) is 3.45. The molecule has 1 aromatic carbocycles. The Morgan fingerprint density at radius 2 is 1.81 bits per heavy atom. The van der Waals surface area contributed by atoms with E-state index in [1.165, 1.54) is 18.4 Å². The van der Waals surface area contributed by atoms with E-state index < -0.39 is 17.8 Å². The molecular weight excluding hydrogens is 283 g/mol. The number of alkyl halides is 3. The Balaban J connectivity index is 2.09. The van der Waals surface area contributed by atoms with Gasteiger partial charge >= 0.3 is 6.18 Å². The van der Waals surface area contributed by atoms with E-state index in [0.717, 1.165) is 12.1 Å². The number of halogens is 3. The van der Waals surface area contributed by atoms with Gasteiger partial charge in [0.1, 0.15) is 5.76 Å². The lowest BCUT2D eigenvalue weighted by molar-refractivity contribution is -0.137. The minimum absolute atomic E-state index is 0.325. The first-order valence-corrected chi connectivity index (χ1v) is 6.31. The van der Waals surface area contributed by atoms with Gasteiger partial charge in [-0.3, -0.25) is 4.79 Å². The molecule has 0 aliphatic carbocycles. The molecule has 0 aliphatic heterocycles. The first-order valence-electron chi connectivity index (χ1n) is 6.31. The predicted molar refractivity (Wildman–Crippen MR) is 70.8 cm³/mol. The quantitative estimate of drug-likeness (QED) is 0.927. The lowest BCUT2D eigenvalue weighted by Crippen LogP contribution is -2.26. The van der Waals surface area contributed by atoms with Crippen molar-refractivity contribution in [3.63, 3.8) is 0 Å². The second kappa shape index (κ2) is 5.63. The van der Waals surface area contributed by atoms with E-state index in [-0.39, 0.29) is 5.91 Å². The predicted octanol–water partition coefficient (Wildman–Crippen LogP) is 4.10. The van der Waals surface area contributed by atoms with Gasteiger partial charge in [0.25, 0.3) is 5.91 Å². The molecule has 0 saturated heterocycles. The second-order valence-electron chi connectivity index (χ2n) is 4.71. The zero-order valence-corrected chi connectivity index (χ0v) is 11.5. The molecule has 0 saturated carbocycles. The summed E-state index contributed by atoms with van der Waals surface area (Å²) in [5.74, 6) is 0.167. The average Bonchev–Trinajstić information content (AvgIpc) is 2.84. The third-order valence-electron chi connectivity index (χ3n) is 3.19. The Labute approximate surface area is 119 Å². The number of amides is 1. The van der Waals surface area contributed by atoms with Crippen LogP contribution in [0.1, 0.15) is 40.2 Å². The molecule has 21 heavy (non-hydrogen) atoms. The summed E-state index contributed by atoms with van der Waals surface area (Å²) in [6.45, 7) is 3.37. The molecule has 0 fully saturated rings. The Bertz CT molecular complexity index is 629. The number of aryl methyl sites for hydroxylation is 1. The molecule has 3 nitrogen and oxygen atoms in total. The summed E-state index contributed by atoms with van der Waals surface area (Å²) in [6, 6.07) is 5.85. The summed E-state index contributed by atoms with van der Waals surface area (Å²) < 4.78 is 42.5. The van der Waals surface area contributed by atoms with E-state index >= 15 is 0 Å². The summed E-state index contributed by atoms with van der Waals surface area (Å²) in [4.78, 5) is 12.0. The highest BCUT2D eigenvalue weighted by molar-refractivity contribution is 5.95. The van der Waals surface area contributed by atoms with E-state index in [1.54, 1.807) is 19.9 Å². The Kier molecular flexibility index (Phi) is 4.06. The molecule has 2 rings (SSSR count). The van der Waals surface area contributed by atoms with Crippen molar-refractivity contribution in [1.29, 1.82) is 0 Å². The maximum Gasteiger partial charge on any atom is 0.416 e. The molecule has 0 aliphatic rings. The average molecular weight is 297 g/mol. The molecule has 1 amide bonds. The van der Waals surface area contributed by atoms with Gasteiger partial charge in [0.05, 0.1) is 23.4 Å². The van der Waals surface area contributed by atoms with Gasteiger partial charge in [0, 0.05) is 0 Å². The van der Waals surface area contributed by atoms with Gasteiger partial charge in [0.2, 0.25) is 0 Å². The van der Waals surface area contributed by atoms with Crippen LogP contribution in [-0.2, 0) is 6.18 Å². The number of benzene rings is 1. The van der Waals surface area contributed by atoms with E-state index in [1.807, 2.05) is 0 Å². The van der Waals surface area contributed by atoms with Crippen molar-refractivity contribution in [3.05, 3.63) is 59.0 Å². The van der Waals surface area contributed by atoms with Crippen LogP contribution in [0.2, 0.25) is 0 Å². The van der Waals surface area contributed by atoms with Crippen molar-refractivity contribution in [2.24, 2.45) is 0 Å². The Hall–Kier alpha value is -2.24. The highest BCUT2D eigenvalue weighted by Crippen LogP contribution is 2.29. The van der Waals surface area contributed by atoms with Crippen LogP contribution in [0, 0.1) is 6.92 Å². The van der Waals surface area contributed by atoms with E-state index in [0.29, 0.717) is 16.9 Å². The zero-order chi connectivity index (χ0) is 15.6. The van der Waals surface area contributed by atoms with Gasteiger partial charge in [-0.2, -0.15) is 13.2 Å². The Morgan fingerprint density at radius 3 is 2.29 bits per heavy atom. The highest BCUT2D eigenvalue weighted by atomic mass is 19.4. The van der Waals surface area contributed by atoms with Gasteiger partial charge in [-0.25, -0.2) is 0 Å². The van der Waals surface area contributed by atoms with Crippen LogP contribution in [0.3, 0.4) is 0 Å². The highest BCUT2D eigenvalue weighted by Gasteiger charge is 2.30. The summed E-state index contributed by atoms with van der Waals surface area (Å²) >= 11 is 0. The van der Waals surface area contributed by atoms with Gasteiger partial charge < -0.3 is 9.73 Å². The first kappa shape index (κ1) is 15.2. The van der Waals surface area contributed by atoms with Crippen LogP contribution < -0.4 is 5.32 Å². The fraction of sp³-hybridized carbons (Fsp3) is 0.267. The first-order chi connectivity index (χ1) is 9.79. The van der Waals surface area contributed by atoms with Crippen molar-refractivity contribution in [3.8, 4) is 0 Å². The summed E-state index contributed by atoms with van der Waals surface area (Å²) in [5.41, 5.74) is 0.293. The van der Waals surface area contributed by atoms with Gasteiger partial charge in [0.15, 0.2) is 0 Å². The molecule has 1 N–H and O–H groups in total. The standard InChI is InChI=1S/C15H14F3NO2/c1-9(19-14(20)13-7-8-21-10(13)2)11-3-5-12(6-4-11)15(16,17)18/h3-9H,1-2H3,(H,19,20). The maximum absolute atomic E-state index is 12.5. The van der Waals surface area contributed by atoms with Gasteiger partial charge in [-0.1, -0.05) is 12.1 Å². The smallest absolute Gasteiger partial charge is 0.416 e. The van der Waals surface area contributed by atoms with Crippen LogP contribution in [0.4, 0.5) is 13.2 Å². The summed E-state index contributed by atoms with van der Waals surface area (Å²) in [5, 5.41) is 2.72. The van der Waals surface area contributed by atoms with Crippen molar-refractivity contribution >= 4 is 5.91 Å². The maximum atomic E-state index is 12.5. The fourth-order valence-corrected chi connectivity index (χ4v) is 1.94. The van der Waals surface area contributed by atoms with Gasteiger partial charge in [-0.15, -0.1) is 0 Å². The minimum atomic E-state index is -4.36. The molecule has 2 aromatic rings. The molecule has 6 heteroatoms. The molecule has 0 radical (unpaired) electrons. The minimum Gasteiger partial charge on any atom is -0.469 e. The van der Waals surface area contributed by atoms with Crippen molar-refractivity contribution in [2.45, 2.75) is 26.1 Å². The molecule has 112 valence electrons. The van der Waals surface area contributed by atoms with E-state index in [4.69, 9.17) is 4.42 Å². The summed E-state index contributed by atoms with van der Waals surface area (Å²) in [6.07, 6.45) is -2.95. The second-order valence-corrected chi connectivity index (χ2v) is 4.71. The van der Waals surface area contributed by atoms with Crippen LogP contribution in [0.15, 0.2) is 41.0 Å². The monoisotopic (exact) mass is 297 g/mol. The zero-order valence-electron chi connectivity index (χ0n) is 11.5.